The molecule has 0 saturated heterocycles. The van der Waals surface area contributed by atoms with Gasteiger partial charge in [0.05, 0.1) is 34.9 Å². The van der Waals surface area contributed by atoms with Gasteiger partial charge in [0.1, 0.15) is 22.9 Å². The van der Waals surface area contributed by atoms with E-state index in [9.17, 15) is 17.6 Å². The van der Waals surface area contributed by atoms with Crippen LogP contribution in [0.1, 0.15) is 10.4 Å². The molecular weight excluding hydrogens is 571 g/mol. The molecule has 218 valence electrons. The zero-order chi connectivity index (χ0) is 30.6. The summed E-state index contributed by atoms with van der Waals surface area (Å²) in [5.41, 5.74) is 11.4. The maximum atomic E-state index is 13.7. The van der Waals surface area contributed by atoms with E-state index in [1.165, 1.54) is 44.6 Å². The highest BCUT2D eigenvalue weighted by Crippen LogP contribution is 2.42. The maximum Gasteiger partial charge on any atom is 0.255 e. The number of aromatic nitrogens is 3. The zero-order valence-corrected chi connectivity index (χ0v) is 24.5. The number of carbonyl (C=O) groups is 1. The fraction of sp³-hybridized carbons (Fsp3) is 0.129. The number of furan rings is 1. The number of fused-ring (bicyclic) bond motifs is 2. The molecule has 10 nitrogen and oxygen atoms in total. The summed E-state index contributed by atoms with van der Waals surface area (Å²) < 4.78 is 48.4. The summed E-state index contributed by atoms with van der Waals surface area (Å²) in [7, 11) is 1.12. The van der Waals surface area contributed by atoms with Crippen LogP contribution < -0.4 is 15.4 Å². The molecule has 3 aromatic heterocycles. The van der Waals surface area contributed by atoms with Crippen LogP contribution in [0.15, 0.2) is 77.3 Å². The number of carbonyl (C=O) groups excluding carboxylic acids is 1. The van der Waals surface area contributed by atoms with E-state index in [1.54, 1.807) is 18.2 Å². The SMILES string of the molecule is CNC(=O)c1c(-c2ccc(F)cc2)oc2cc(N(C)S(C)(=O)=O)c(-c3cnnc(-c4cc5c(N)cccc5n4C)c3)cc12. The molecule has 43 heavy (non-hydrogen) atoms. The van der Waals surface area contributed by atoms with Crippen molar-refractivity contribution < 1.29 is 22.0 Å². The lowest BCUT2D eigenvalue weighted by atomic mass is 9.99. The third-order valence-corrected chi connectivity index (χ3v) is 8.74. The van der Waals surface area contributed by atoms with Crippen molar-refractivity contribution in [3.05, 3.63) is 84.3 Å². The third-order valence-electron chi connectivity index (χ3n) is 7.55. The molecule has 3 heterocycles. The van der Waals surface area contributed by atoms with Crippen molar-refractivity contribution in [2.75, 3.05) is 30.4 Å². The van der Waals surface area contributed by atoms with Crippen LogP contribution in [0.5, 0.6) is 0 Å². The molecule has 0 aliphatic carbocycles. The second-order valence-corrected chi connectivity index (χ2v) is 12.2. The lowest BCUT2D eigenvalue weighted by Gasteiger charge is -2.20. The normalized spacial score (nSPS) is 11.7. The molecule has 1 amide bonds. The predicted octanol–water partition coefficient (Wildman–Crippen LogP) is 5.19. The van der Waals surface area contributed by atoms with E-state index in [0.717, 1.165) is 27.2 Å². The Morgan fingerprint density at radius 1 is 1.05 bits per heavy atom. The molecule has 0 fully saturated rings. The van der Waals surface area contributed by atoms with Gasteiger partial charge in [0.15, 0.2) is 0 Å². The highest BCUT2D eigenvalue weighted by molar-refractivity contribution is 7.92. The molecule has 0 unspecified atom stereocenters. The van der Waals surface area contributed by atoms with Gasteiger partial charge in [-0.15, -0.1) is 5.10 Å². The maximum absolute atomic E-state index is 13.7. The van der Waals surface area contributed by atoms with Gasteiger partial charge in [0, 0.05) is 60.4 Å². The lowest BCUT2D eigenvalue weighted by molar-refractivity contribution is 0.0964. The number of nitrogens with one attached hydrogen (secondary N) is 1. The van der Waals surface area contributed by atoms with Crippen LogP contribution >= 0.6 is 0 Å². The first kappa shape index (κ1) is 27.9. The van der Waals surface area contributed by atoms with Crippen molar-refractivity contribution in [2.24, 2.45) is 7.05 Å². The van der Waals surface area contributed by atoms with Gasteiger partial charge in [-0.1, -0.05) is 6.07 Å². The van der Waals surface area contributed by atoms with E-state index < -0.39 is 21.7 Å². The van der Waals surface area contributed by atoms with Crippen LogP contribution in [0.4, 0.5) is 15.8 Å². The summed E-state index contributed by atoms with van der Waals surface area (Å²) in [5.74, 6) is -0.633. The van der Waals surface area contributed by atoms with Gasteiger partial charge in [0.2, 0.25) is 10.0 Å². The van der Waals surface area contributed by atoms with Crippen LogP contribution in [0.2, 0.25) is 0 Å². The molecule has 0 spiro atoms. The van der Waals surface area contributed by atoms with E-state index in [0.29, 0.717) is 39.1 Å². The van der Waals surface area contributed by atoms with Gasteiger partial charge >= 0.3 is 0 Å². The number of halogens is 1. The van der Waals surface area contributed by atoms with Gasteiger partial charge in [-0.05, 0) is 54.6 Å². The summed E-state index contributed by atoms with van der Waals surface area (Å²) >= 11 is 0. The second kappa shape index (κ2) is 10.2. The topological polar surface area (TPSA) is 136 Å². The molecule has 6 aromatic rings. The van der Waals surface area contributed by atoms with Crippen molar-refractivity contribution in [1.29, 1.82) is 0 Å². The van der Waals surface area contributed by atoms with Gasteiger partial charge in [-0.2, -0.15) is 5.10 Å². The molecule has 0 bridgehead atoms. The number of nitrogen functional groups attached to an aromatic ring is 1. The smallest absolute Gasteiger partial charge is 0.255 e. The largest absolute Gasteiger partial charge is 0.455 e. The average Bonchev–Trinajstić information content (AvgIpc) is 3.54. The highest BCUT2D eigenvalue weighted by atomic mass is 32.2. The predicted molar refractivity (Wildman–Crippen MR) is 166 cm³/mol. The number of hydrogen-bond acceptors (Lipinski definition) is 7. The van der Waals surface area contributed by atoms with Crippen molar-refractivity contribution in [1.82, 2.24) is 20.1 Å². The van der Waals surface area contributed by atoms with Crippen molar-refractivity contribution in [3.8, 4) is 33.8 Å². The van der Waals surface area contributed by atoms with Gasteiger partial charge in [-0.3, -0.25) is 9.10 Å². The first-order valence-electron chi connectivity index (χ1n) is 13.2. The van der Waals surface area contributed by atoms with E-state index in [4.69, 9.17) is 10.2 Å². The summed E-state index contributed by atoms with van der Waals surface area (Å²) in [6.45, 7) is 0. The Balaban J connectivity index is 1.62. The number of hydrogen-bond donors (Lipinski definition) is 2. The lowest BCUT2D eigenvalue weighted by Crippen LogP contribution is -2.25. The van der Waals surface area contributed by atoms with Crippen molar-refractivity contribution in [2.45, 2.75) is 0 Å². The Hall–Kier alpha value is -5.23. The number of nitrogens with zero attached hydrogens (tertiary/aromatic N) is 4. The highest BCUT2D eigenvalue weighted by Gasteiger charge is 2.26. The van der Waals surface area contributed by atoms with Crippen molar-refractivity contribution in [3.63, 3.8) is 0 Å². The number of sulfonamides is 1. The summed E-state index contributed by atoms with van der Waals surface area (Å²) in [6.07, 6.45) is 2.63. The molecule has 0 aliphatic rings. The number of nitrogens with two attached hydrogens (primary N) is 1. The Morgan fingerprint density at radius 2 is 1.79 bits per heavy atom. The van der Waals surface area contributed by atoms with Crippen LogP contribution in [-0.4, -0.2) is 49.4 Å². The second-order valence-electron chi connectivity index (χ2n) is 10.2. The van der Waals surface area contributed by atoms with E-state index in [1.807, 2.05) is 35.9 Å². The van der Waals surface area contributed by atoms with Gasteiger partial charge in [0.25, 0.3) is 5.91 Å². The standard InChI is InChI=1S/C31H27FN6O4S/c1-34-31(39)29-22-13-20(18-12-24(36-35-16-18)27-14-21-23(33)6-5-7-25(21)37(27)2)26(38(3)43(4,40)41)15-28(22)42-30(29)17-8-10-19(32)11-9-17/h5-16H,33H2,1-4H3,(H,34,39). The van der Waals surface area contributed by atoms with E-state index in [2.05, 4.69) is 15.5 Å². The number of amides is 1. The Morgan fingerprint density at radius 3 is 2.47 bits per heavy atom. The van der Waals surface area contributed by atoms with Gasteiger partial charge in [-0.25, -0.2) is 12.8 Å². The molecule has 6 rings (SSSR count). The molecular formula is C31H27FN6O4S. The fourth-order valence-corrected chi connectivity index (χ4v) is 5.73. The molecule has 0 radical (unpaired) electrons. The number of rotatable bonds is 6. The molecule has 0 saturated carbocycles. The summed E-state index contributed by atoms with van der Waals surface area (Å²) in [6, 6.07) is 18.2. The van der Waals surface area contributed by atoms with Crippen molar-refractivity contribution >= 4 is 49.2 Å². The first-order valence-corrected chi connectivity index (χ1v) is 15.0. The average molecular weight is 599 g/mol. The molecule has 0 atom stereocenters. The molecule has 3 N–H and O–H groups in total. The minimum atomic E-state index is -3.71. The number of anilines is 2. The minimum Gasteiger partial charge on any atom is -0.455 e. The Labute approximate surface area is 246 Å². The van der Waals surface area contributed by atoms with Crippen LogP contribution in [0.3, 0.4) is 0 Å². The summed E-state index contributed by atoms with van der Waals surface area (Å²) in [5, 5.41) is 12.6. The monoisotopic (exact) mass is 598 g/mol. The van der Waals surface area contributed by atoms with Crippen LogP contribution in [0, 0.1) is 5.82 Å². The Bertz CT molecular complexity index is 2170. The molecule has 12 heteroatoms. The Kier molecular flexibility index (Phi) is 6.65. The van der Waals surface area contributed by atoms with E-state index >= 15 is 0 Å². The number of benzene rings is 3. The third kappa shape index (κ3) is 4.75. The van der Waals surface area contributed by atoms with Crippen LogP contribution in [0.25, 0.3) is 55.7 Å². The minimum absolute atomic E-state index is 0.223. The quantitative estimate of drug-likeness (QED) is 0.252. The fourth-order valence-electron chi connectivity index (χ4n) is 5.23. The zero-order valence-electron chi connectivity index (χ0n) is 23.7. The van der Waals surface area contributed by atoms with Gasteiger partial charge < -0.3 is 20.0 Å². The van der Waals surface area contributed by atoms with Crippen LogP contribution in [-0.2, 0) is 17.1 Å². The summed E-state index contributed by atoms with van der Waals surface area (Å²) in [4.78, 5) is 13.2. The van der Waals surface area contributed by atoms with E-state index in [-0.39, 0.29) is 16.9 Å². The molecule has 0 aliphatic heterocycles. The first-order chi connectivity index (χ1) is 20.5. The molecule has 3 aromatic carbocycles. The number of aryl methyl sites for hydroxylation is 1.